The molecular formula is C13H15F2N3O. The van der Waals surface area contributed by atoms with Crippen LogP contribution >= 0.6 is 0 Å². The molecule has 0 amide bonds. The summed E-state index contributed by atoms with van der Waals surface area (Å²) in [5.74, 6) is 0.151. The molecule has 6 heteroatoms. The highest BCUT2D eigenvalue weighted by Gasteiger charge is 2.05. The third kappa shape index (κ3) is 3.43. The lowest BCUT2D eigenvalue weighted by atomic mass is 10.2. The van der Waals surface area contributed by atoms with Gasteiger partial charge in [-0.15, -0.1) is 0 Å². The maximum Gasteiger partial charge on any atom is 0.387 e. The van der Waals surface area contributed by atoms with Gasteiger partial charge in [-0.25, -0.2) is 0 Å². The maximum absolute atomic E-state index is 12.0. The van der Waals surface area contributed by atoms with E-state index in [1.807, 2.05) is 14.0 Å². The summed E-state index contributed by atoms with van der Waals surface area (Å²) in [6, 6.07) is 6.40. The first kappa shape index (κ1) is 13.3. The van der Waals surface area contributed by atoms with Crippen molar-refractivity contribution >= 4 is 5.69 Å². The van der Waals surface area contributed by atoms with Crippen LogP contribution in [0.2, 0.25) is 0 Å². The van der Waals surface area contributed by atoms with Gasteiger partial charge in [-0.1, -0.05) is 0 Å². The molecule has 2 rings (SSSR count). The van der Waals surface area contributed by atoms with Gasteiger partial charge in [-0.3, -0.25) is 4.68 Å². The quantitative estimate of drug-likeness (QED) is 0.905. The second kappa shape index (κ2) is 5.69. The van der Waals surface area contributed by atoms with Crippen LogP contribution in [-0.4, -0.2) is 16.4 Å². The van der Waals surface area contributed by atoms with E-state index in [0.717, 1.165) is 16.9 Å². The van der Waals surface area contributed by atoms with E-state index >= 15 is 0 Å². The van der Waals surface area contributed by atoms with E-state index in [1.165, 1.54) is 12.1 Å². The Bertz CT molecular complexity index is 537. The topological polar surface area (TPSA) is 39.1 Å². The number of hydrogen-bond donors (Lipinski definition) is 1. The first-order valence-corrected chi connectivity index (χ1v) is 5.82. The van der Waals surface area contributed by atoms with Gasteiger partial charge in [-0.05, 0) is 31.2 Å². The zero-order valence-electron chi connectivity index (χ0n) is 10.7. The summed E-state index contributed by atoms with van der Waals surface area (Å²) in [6.45, 7) is -0.171. The van der Waals surface area contributed by atoms with Crippen molar-refractivity contribution in [3.05, 3.63) is 41.7 Å². The molecule has 102 valence electrons. The maximum atomic E-state index is 12.0. The fourth-order valence-corrected chi connectivity index (χ4v) is 1.67. The molecule has 1 heterocycles. The minimum atomic E-state index is -2.79. The summed E-state index contributed by atoms with van der Waals surface area (Å²) >= 11 is 0. The van der Waals surface area contributed by atoms with Gasteiger partial charge < -0.3 is 10.1 Å². The number of benzene rings is 1. The fourth-order valence-electron chi connectivity index (χ4n) is 1.67. The Morgan fingerprint density at radius 2 is 2.00 bits per heavy atom. The van der Waals surface area contributed by atoms with Crippen molar-refractivity contribution < 1.29 is 13.5 Å². The van der Waals surface area contributed by atoms with Crippen LogP contribution in [-0.2, 0) is 13.6 Å². The molecule has 0 saturated carbocycles. The van der Waals surface area contributed by atoms with E-state index in [9.17, 15) is 8.78 Å². The number of alkyl halides is 2. The first-order valence-electron chi connectivity index (χ1n) is 5.82. The van der Waals surface area contributed by atoms with E-state index in [2.05, 4.69) is 15.2 Å². The second-order valence-electron chi connectivity index (χ2n) is 4.14. The third-order valence-electron chi connectivity index (χ3n) is 2.90. The van der Waals surface area contributed by atoms with Crippen LogP contribution in [0.3, 0.4) is 0 Å². The van der Waals surface area contributed by atoms with Gasteiger partial charge in [-0.2, -0.15) is 13.9 Å². The predicted molar refractivity (Wildman–Crippen MR) is 68.3 cm³/mol. The smallest absolute Gasteiger partial charge is 0.387 e. The number of rotatable bonds is 5. The molecule has 1 aromatic carbocycles. The highest BCUT2D eigenvalue weighted by molar-refractivity contribution is 5.46. The van der Waals surface area contributed by atoms with E-state index in [4.69, 9.17) is 0 Å². The molecule has 19 heavy (non-hydrogen) atoms. The summed E-state index contributed by atoms with van der Waals surface area (Å²) in [6.07, 6.45) is 1.80. The Morgan fingerprint density at radius 3 is 2.53 bits per heavy atom. The monoisotopic (exact) mass is 267 g/mol. The molecule has 2 aromatic rings. The molecule has 1 N–H and O–H groups in total. The summed E-state index contributed by atoms with van der Waals surface area (Å²) in [4.78, 5) is 0. The average molecular weight is 267 g/mol. The first-order chi connectivity index (χ1) is 9.06. The van der Waals surface area contributed by atoms with Gasteiger partial charge >= 0.3 is 6.61 Å². The van der Waals surface area contributed by atoms with Crippen LogP contribution in [0.1, 0.15) is 11.3 Å². The molecule has 0 aliphatic heterocycles. The Balaban J connectivity index is 1.95. The van der Waals surface area contributed by atoms with Gasteiger partial charge in [0.25, 0.3) is 0 Å². The van der Waals surface area contributed by atoms with Crippen molar-refractivity contribution in [2.45, 2.75) is 20.1 Å². The zero-order valence-corrected chi connectivity index (χ0v) is 10.7. The van der Waals surface area contributed by atoms with Crippen LogP contribution < -0.4 is 10.1 Å². The van der Waals surface area contributed by atoms with E-state index in [1.54, 1.807) is 23.0 Å². The number of nitrogens with zero attached hydrogens (tertiary/aromatic N) is 2. The molecule has 0 aliphatic rings. The van der Waals surface area contributed by atoms with Crippen molar-refractivity contribution in [3.63, 3.8) is 0 Å². The molecule has 0 aliphatic carbocycles. The van der Waals surface area contributed by atoms with Gasteiger partial charge in [0.1, 0.15) is 5.75 Å². The van der Waals surface area contributed by atoms with Crippen LogP contribution in [0.25, 0.3) is 0 Å². The Hall–Kier alpha value is -2.11. The summed E-state index contributed by atoms with van der Waals surface area (Å²) in [5, 5.41) is 7.35. The van der Waals surface area contributed by atoms with Crippen LogP contribution in [0.4, 0.5) is 14.5 Å². The molecule has 0 atom stereocenters. The van der Waals surface area contributed by atoms with Gasteiger partial charge in [0.05, 0.1) is 6.20 Å². The van der Waals surface area contributed by atoms with Crippen molar-refractivity contribution in [2.24, 2.45) is 7.05 Å². The number of halogens is 2. The summed E-state index contributed by atoms with van der Waals surface area (Å²) in [5.41, 5.74) is 3.02. The standard InChI is InChI=1S/C13H15F2N3O/c1-9-10(8-17-18(9)2)7-16-11-3-5-12(6-4-11)19-13(14)15/h3-6,8,13,16H,7H2,1-2H3. The van der Waals surface area contributed by atoms with Gasteiger partial charge in [0, 0.05) is 30.5 Å². The number of anilines is 1. The number of ether oxygens (including phenoxy) is 1. The third-order valence-corrected chi connectivity index (χ3v) is 2.90. The lowest BCUT2D eigenvalue weighted by Gasteiger charge is -2.08. The van der Waals surface area contributed by atoms with Crippen molar-refractivity contribution in [1.82, 2.24) is 9.78 Å². The number of hydrogen-bond acceptors (Lipinski definition) is 3. The molecule has 0 spiro atoms. The van der Waals surface area contributed by atoms with Crippen molar-refractivity contribution in [2.75, 3.05) is 5.32 Å². The normalized spacial score (nSPS) is 10.8. The summed E-state index contributed by atoms with van der Waals surface area (Å²) in [7, 11) is 1.88. The average Bonchev–Trinajstić information content (AvgIpc) is 2.69. The molecule has 0 unspecified atom stereocenters. The second-order valence-corrected chi connectivity index (χ2v) is 4.14. The lowest BCUT2D eigenvalue weighted by Crippen LogP contribution is -2.03. The minimum Gasteiger partial charge on any atom is -0.435 e. The van der Waals surface area contributed by atoms with Crippen LogP contribution in [0.15, 0.2) is 30.5 Å². The molecule has 0 saturated heterocycles. The molecule has 0 bridgehead atoms. The molecular weight excluding hydrogens is 252 g/mol. The fraction of sp³-hybridized carbons (Fsp3) is 0.308. The Labute approximate surface area is 110 Å². The Kier molecular flexibility index (Phi) is 3.99. The van der Waals surface area contributed by atoms with Crippen molar-refractivity contribution in [1.29, 1.82) is 0 Å². The Morgan fingerprint density at radius 1 is 1.32 bits per heavy atom. The van der Waals surface area contributed by atoms with Crippen molar-refractivity contribution in [3.8, 4) is 5.75 Å². The minimum absolute atomic E-state index is 0.151. The molecule has 0 radical (unpaired) electrons. The zero-order chi connectivity index (χ0) is 13.8. The summed E-state index contributed by atoms with van der Waals surface area (Å²) < 4.78 is 30.1. The van der Waals surface area contributed by atoms with Crippen LogP contribution in [0, 0.1) is 6.92 Å². The molecule has 1 aromatic heterocycles. The number of aryl methyl sites for hydroxylation is 1. The number of nitrogens with one attached hydrogen (secondary N) is 1. The SMILES string of the molecule is Cc1c(CNc2ccc(OC(F)F)cc2)cnn1C. The number of aromatic nitrogens is 2. The highest BCUT2D eigenvalue weighted by atomic mass is 19.3. The van der Waals surface area contributed by atoms with E-state index in [-0.39, 0.29) is 5.75 Å². The lowest BCUT2D eigenvalue weighted by molar-refractivity contribution is -0.0498. The van der Waals surface area contributed by atoms with Crippen LogP contribution in [0.5, 0.6) is 5.75 Å². The predicted octanol–water partition coefficient (Wildman–Crippen LogP) is 2.94. The largest absolute Gasteiger partial charge is 0.435 e. The van der Waals surface area contributed by atoms with Gasteiger partial charge in [0.2, 0.25) is 0 Å². The van der Waals surface area contributed by atoms with E-state index in [0.29, 0.717) is 6.54 Å². The van der Waals surface area contributed by atoms with E-state index < -0.39 is 6.61 Å². The van der Waals surface area contributed by atoms with Gasteiger partial charge in [0.15, 0.2) is 0 Å². The highest BCUT2D eigenvalue weighted by Crippen LogP contribution is 2.18. The molecule has 0 fully saturated rings. The molecule has 4 nitrogen and oxygen atoms in total.